The molecule has 0 spiro atoms. The number of anilines is 2. The first kappa shape index (κ1) is 28.2. The maximum absolute atomic E-state index is 13.9. The molecule has 3 aromatic carbocycles. The second-order valence-corrected chi connectivity index (χ2v) is 10.5. The summed E-state index contributed by atoms with van der Waals surface area (Å²) in [6, 6.07) is 23.2. The van der Waals surface area contributed by atoms with Crippen LogP contribution in [0.2, 0.25) is 0 Å². The smallest absolute Gasteiger partial charge is 0.330 e. The minimum Gasteiger partial charge on any atom is -0.466 e. The number of carbonyl (C=O) groups is 2. The summed E-state index contributed by atoms with van der Waals surface area (Å²) in [6.45, 7) is 2.60. The molecular formula is C34H40N2O3. The van der Waals surface area contributed by atoms with Crippen molar-refractivity contribution < 1.29 is 14.3 Å². The lowest BCUT2D eigenvalue weighted by molar-refractivity contribution is -0.134. The molecule has 0 saturated heterocycles. The number of amides is 1. The van der Waals surface area contributed by atoms with Gasteiger partial charge in [0.1, 0.15) is 0 Å². The van der Waals surface area contributed by atoms with Crippen LogP contribution in [0.1, 0.15) is 55.7 Å². The number of nitrogens with zero attached hydrogens (tertiary/aromatic N) is 2. The quantitative estimate of drug-likeness (QED) is 0.218. The van der Waals surface area contributed by atoms with E-state index in [0.717, 1.165) is 60.0 Å². The molecular weight excluding hydrogens is 484 g/mol. The molecule has 0 radical (unpaired) electrons. The van der Waals surface area contributed by atoms with Crippen molar-refractivity contribution in [2.75, 3.05) is 31.0 Å². The van der Waals surface area contributed by atoms with E-state index in [1.54, 1.807) is 6.08 Å². The Morgan fingerprint density at radius 3 is 2.08 bits per heavy atom. The van der Waals surface area contributed by atoms with Crippen LogP contribution in [0.15, 0.2) is 72.8 Å². The second-order valence-electron chi connectivity index (χ2n) is 10.5. The van der Waals surface area contributed by atoms with E-state index in [1.807, 2.05) is 25.1 Å². The minimum atomic E-state index is -0.398. The van der Waals surface area contributed by atoms with Crippen molar-refractivity contribution in [2.24, 2.45) is 5.92 Å². The van der Waals surface area contributed by atoms with Gasteiger partial charge in [0, 0.05) is 37.5 Å². The average molecular weight is 525 g/mol. The molecule has 1 fully saturated rings. The fourth-order valence-electron chi connectivity index (χ4n) is 5.19. The summed E-state index contributed by atoms with van der Waals surface area (Å²) in [5.74, 6) is -0.160. The van der Waals surface area contributed by atoms with Gasteiger partial charge in [-0.25, -0.2) is 4.79 Å². The summed E-state index contributed by atoms with van der Waals surface area (Å²) in [7, 11) is 5.45. The number of carbonyl (C=O) groups excluding carboxylic acids is 2. The molecule has 204 valence electrons. The normalized spacial score (nSPS) is 13.8. The molecule has 0 N–H and O–H groups in total. The van der Waals surface area contributed by atoms with Gasteiger partial charge in [0.15, 0.2) is 0 Å². The summed E-state index contributed by atoms with van der Waals surface area (Å²) in [5, 5.41) is 0. The number of hydrogen-bond donors (Lipinski definition) is 0. The zero-order chi connectivity index (χ0) is 27.8. The lowest BCUT2D eigenvalue weighted by atomic mass is 9.88. The Balaban J connectivity index is 1.64. The van der Waals surface area contributed by atoms with Crippen LogP contribution in [-0.2, 0) is 27.3 Å². The van der Waals surface area contributed by atoms with E-state index in [2.05, 4.69) is 72.5 Å². The standard InChI is InChI=1S/C34H40N2O3/c1-5-25-21-27(13-20-33(37)39-4)23-32(22-25)36(34(38)30-9-7-6-8-10-30)24-26-11-14-28(15-12-26)29-16-18-31(19-17-29)35(2)3/h11-23,30H,5-10,24H2,1-4H3/b20-13+. The van der Waals surface area contributed by atoms with Gasteiger partial charge in [0.05, 0.1) is 13.7 Å². The maximum Gasteiger partial charge on any atom is 0.330 e. The van der Waals surface area contributed by atoms with Gasteiger partial charge < -0.3 is 14.5 Å². The maximum atomic E-state index is 13.9. The van der Waals surface area contributed by atoms with Gasteiger partial charge in [0.2, 0.25) is 5.91 Å². The van der Waals surface area contributed by atoms with Crippen molar-refractivity contribution in [3.8, 4) is 11.1 Å². The molecule has 0 aliphatic heterocycles. The minimum absolute atomic E-state index is 0.0487. The number of rotatable bonds is 9. The van der Waals surface area contributed by atoms with Crippen LogP contribution in [0.25, 0.3) is 17.2 Å². The van der Waals surface area contributed by atoms with Crippen molar-refractivity contribution in [2.45, 2.75) is 52.0 Å². The molecule has 39 heavy (non-hydrogen) atoms. The van der Waals surface area contributed by atoms with Gasteiger partial charge in [-0.1, -0.05) is 68.7 Å². The first-order valence-corrected chi connectivity index (χ1v) is 14.0. The van der Waals surface area contributed by atoms with Gasteiger partial charge in [-0.2, -0.15) is 0 Å². The molecule has 5 nitrogen and oxygen atoms in total. The van der Waals surface area contributed by atoms with Gasteiger partial charge in [-0.05, 0) is 77.4 Å². The van der Waals surface area contributed by atoms with Crippen LogP contribution < -0.4 is 9.80 Å². The summed E-state index contributed by atoms with van der Waals surface area (Å²) in [5.41, 5.74) is 7.45. The largest absolute Gasteiger partial charge is 0.466 e. The van der Waals surface area contributed by atoms with Crippen molar-refractivity contribution in [3.05, 3.63) is 89.5 Å². The Morgan fingerprint density at radius 1 is 0.846 bits per heavy atom. The van der Waals surface area contributed by atoms with E-state index < -0.39 is 5.97 Å². The van der Waals surface area contributed by atoms with Crippen LogP contribution >= 0.6 is 0 Å². The zero-order valence-corrected chi connectivity index (χ0v) is 23.7. The van der Waals surface area contributed by atoms with E-state index in [0.29, 0.717) is 6.54 Å². The van der Waals surface area contributed by atoms with E-state index in [1.165, 1.54) is 30.9 Å². The van der Waals surface area contributed by atoms with Gasteiger partial charge >= 0.3 is 5.97 Å². The van der Waals surface area contributed by atoms with Crippen LogP contribution in [-0.4, -0.2) is 33.1 Å². The lowest BCUT2D eigenvalue weighted by Gasteiger charge is -2.30. The molecule has 3 aromatic rings. The van der Waals surface area contributed by atoms with E-state index in [4.69, 9.17) is 4.74 Å². The third kappa shape index (κ3) is 7.38. The van der Waals surface area contributed by atoms with Crippen molar-refractivity contribution in [3.63, 3.8) is 0 Å². The molecule has 1 saturated carbocycles. The molecule has 1 aliphatic rings. The predicted molar refractivity (Wildman–Crippen MR) is 161 cm³/mol. The Bertz CT molecular complexity index is 1290. The molecule has 1 aliphatic carbocycles. The second kappa shape index (κ2) is 13.3. The number of benzene rings is 3. The van der Waals surface area contributed by atoms with Crippen LogP contribution in [0, 0.1) is 5.92 Å². The van der Waals surface area contributed by atoms with Crippen LogP contribution in [0.3, 0.4) is 0 Å². The molecule has 0 aromatic heterocycles. The number of methoxy groups -OCH3 is 1. The number of aryl methyl sites for hydroxylation is 1. The fraction of sp³-hybridized carbons (Fsp3) is 0.353. The number of hydrogen-bond acceptors (Lipinski definition) is 4. The van der Waals surface area contributed by atoms with Gasteiger partial charge in [-0.15, -0.1) is 0 Å². The summed E-state index contributed by atoms with van der Waals surface area (Å²) in [4.78, 5) is 29.7. The fourth-order valence-corrected chi connectivity index (χ4v) is 5.19. The predicted octanol–water partition coefficient (Wildman–Crippen LogP) is 7.28. The summed E-state index contributed by atoms with van der Waals surface area (Å²) in [6.07, 6.45) is 9.32. The monoisotopic (exact) mass is 524 g/mol. The average Bonchev–Trinajstić information content (AvgIpc) is 2.98. The number of esters is 1. The molecule has 0 unspecified atom stereocenters. The van der Waals surface area contributed by atoms with Crippen LogP contribution in [0.4, 0.5) is 11.4 Å². The third-order valence-corrected chi connectivity index (χ3v) is 7.56. The third-order valence-electron chi connectivity index (χ3n) is 7.56. The zero-order valence-electron chi connectivity index (χ0n) is 23.7. The Kier molecular flexibility index (Phi) is 9.59. The highest BCUT2D eigenvalue weighted by atomic mass is 16.5. The van der Waals surface area contributed by atoms with Crippen molar-refractivity contribution >= 4 is 29.3 Å². The van der Waals surface area contributed by atoms with Gasteiger partial charge in [0.25, 0.3) is 0 Å². The Morgan fingerprint density at radius 2 is 1.49 bits per heavy atom. The summed E-state index contributed by atoms with van der Waals surface area (Å²) < 4.78 is 4.77. The first-order chi connectivity index (χ1) is 18.9. The van der Waals surface area contributed by atoms with E-state index >= 15 is 0 Å². The van der Waals surface area contributed by atoms with Crippen molar-refractivity contribution in [1.82, 2.24) is 0 Å². The number of ether oxygens (including phenoxy) is 1. The van der Waals surface area contributed by atoms with E-state index in [-0.39, 0.29) is 11.8 Å². The van der Waals surface area contributed by atoms with Crippen LogP contribution in [0.5, 0.6) is 0 Å². The molecule has 1 amide bonds. The first-order valence-electron chi connectivity index (χ1n) is 14.0. The highest BCUT2D eigenvalue weighted by Crippen LogP contribution is 2.31. The van der Waals surface area contributed by atoms with Gasteiger partial charge in [-0.3, -0.25) is 4.79 Å². The molecule has 0 bridgehead atoms. The highest BCUT2D eigenvalue weighted by molar-refractivity contribution is 5.95. The lowest BCUT2D eigenvalue weighted by Crippen LogP contribution is -2.36. The molecule has 0 atom stereocenters. The topological polar surface area (TPSA) is 49.9 Å². The SMILES string of the molecule is CCc1cc(/C=C/C(=O)OC)cc(N(Cc2ccc(-c3ccc(N(C)C)cc3)cc2)C(=O)C2CCCCC2)c1. The Hall–Kier alpha value is -3.86. The van der Waals surface area contributed by atoms with E-state index in [9.17, 15) is 9.59 Å². The Labute approximate surface area is 233 Å². The summed E-state index contributed by atoms with van der Waals surface area (Å²) >= 11 is 0. The molecule has 5 heteroatoms. The molecule has 4 rings (SSSR count). The molecule has 0 heterocycles. The van der Waals surface area contributed by atoms with Crippen molar-refractivity contribution in [1.29, 1.82) is 0 Å². The highest BCUT2D eigenvalue weighted by Gasteiger charge is 2.27.